The molecule has 2 N–H and O–H groups in total. The lowest BCUT2D eigenvalue weighted by molar-refractivity contribution is -0.133. The number of phenols is 1. The third-order valence-electron chi connectivity index (χ3n) is 9.57. The van der Waals surface area contributed by atoms with E-state index in [1.165, 1.54) is 30.5 Å². The summed E-state index contributed by atoms with van der Waals surface area (Å²) in [6.07, 6.45) is 7.01. The summed E-state index contributed by atoms with van der Waals surface area (Å²) in [6.45, 7) is 7.31. The molecule has 3 heterocycles. The second kappa shape index (κ2) is 8.35. The zero-order chi connectivity index (χ0) is 24.3. The van der Waals surface area contributed by atoms with Gasteiger partial charge in [-0.3, -0.25) is 9.69 Å². The molecule has 2 bridgehead atoms. The first-order valence-electron chi connectivity index (χ1n) is 13.4. The molecule has 1 saturated carbocycles. The molecule has 0 radical (unpaired) electrons. The number of nitrogens with zero attached hydrogens (tertiary/aromatic N) is 1. The second-order valence-corrected chi connectivity index (χ2v) is 11.7. The standard InChI is InChI=1S/C30H38N2O3/c1-21-8-11-25(33)17-26(21)29-14-15-32(18-24-9-10-24)22(2)30(29)13-12-28(19-29,35-30)20-31-27(34)16-23-6-4-3-5-7-23/h3-8,11,17,22,24,33H,9-10,12-16,18-20H2,1-2H3,(H,31,34)/t22-,28-,29-,30-/m1/s1. The van der Waals surface area contributed by atoms with Gasteiger partial charge in [0.2, 0.25) is 5.91 Å². The van der Waals surface area contributed by atoms with Crippen LogP contribution in [0.25, 0.3) is 0 Å². The van der Waals surface area contributed by atoms with Gasteiger partial charge in [0.15, 0.2) is 0 Å². The van der Waals surface area contributed by atoms with Crippen LogP contribution in [0.15, 0.2) is 48.5 Å². The van der Waals surface area contributed by atoms with Gasteiger partial charge in [0.25, 0.3) is 0 Å². The number of hydrogen-bond donors (Lipinski definition) is 2. The van der Waals surface area contributed by atoms with Crippen molar-refractivity contribution in [2.45, 2.75) is 81.5 Å². The molecule has 4 fully saturated rings. The van der Waals surface area contributed by atoms with Gasteiger partial charge in [-0.2, -0.15) is 0 Å². The van der Waals surface area contributed by atoms with Crippen LogP contribution in [0.5, 0.6) is 5.75 Å². The number of likely N-dealkylation sites (tertiary alicyclic amines) is 1. The van der Waals surface area contributed by atoms with Crippen LogP contribution >= 0.6 is 0 Å². The highest BCUT2D eigenvalue weighted by molar-refractivity contribution is 5.78. The van der Waals surface area contributed by atoms with Gasteiger partial charge >= 0.3 is 0 Å². The van der Waals surface area contributed by atoms with E-state index in [4.69, 9.17) is 4.74 Å². The zero-order valence-electron chi connectivity index (χ0n) is 21.1. The second-order valence-electron chi connectivity index (χ2n) is 11.7. The van der Waals surface area contributed by atoms with Crippen molar-refractivity contribution in [1.82, 2.24) is 10.2 Å². The maximum absolute atomic E-state index is 12.8. The van der Waals surface area contributed by atoms with E-state index in [9.17, 15) is 9.90 Å². The number of phenolic OH excluding ortho intramolecular Hbond substituents is 1. The van der Waals surface area contributed by atoms with Crippen LogP contribution in [0.1, 0.15) is 62.1 Å². The Kier molecular flexibility index (Phi) is 5.50. The Morgan fingerprint density at radius 1 is 1.14 bits per heavy atom. The lowest BCUT2D eigenvalue weighted by atomic mass is 9.53. The minimum absolute atomic E-state index is 0.0518. The van der Waals surface area contributed by atoms with Crippen LogP contribution in [-0.4, -0.2) is 52.8 Å². The first kappa shape index (κ1) is 23.1. The van der Waals surface area contributed by atoms with Crippen LogP contribution < -0.4 is 5.32 Å². The van der Waals surface area contributed by atoms with Crippen molar-refractivity contribution in [3.8, 4) is 5.75 Å². The minimum Gasteiger partial charge on any atom is -0.508 e. The predicted molar refractivity (Wildman–Crippen MR) is 136 cm³/mol. The van der Waals surface area contributed by atoms with Crippen molar-refractivity contribution in [3.05, 3.63) is 65.2 Å². The highest BCUT2D eigenvalue weighted by Crippen LogP contribution is 2.67. The van der Waals surface area contributed by atoms with Gasteiger partial charge in [-0.1, -0.05) is 36.4 Å². The molecule has 4 aliphatic rings. The first-order valence-corrected chi connectivity index (χ1v) is 13.4. The van der Waals surface area contributed by atoms with Crippen molar-refractivity contribution in [1.29, 1.82) is 0 Å². The average molecular weight is 475 g/mol. The monoisotopic (exact) mass is 474 g/mol. The van der Waals surface area contributed by atoms with E-state index in [1.54, 1.807) is 6.07 Å². The molecule has 3 aliphatic heterocycles. The summed E-state index contributed by atoms with van der Waals surface area (Å²) in [6, 6.07) is 16.1. The van der Waals surface area contributed by atoms with Crippen LogP contribution in [0.3, 0.4) is 0 Å². The summed E-state index contributed by atoms with van der Waals surface area (Å²) in [5, 5.41) is 13.7. The van der Waals surface area contributed by atoms with E-state index in [0.717, 1.165) is 43.7 Å². The van der Waals surface area contributed by atoms with E-state index in [2.05, 4.69) is 30.1 Å². The molecule has 35 heavy (non-hydrogen) atoms. The number of aryl methyl sites for hydroxylation is 1. The number of hydrogen-bond acceptors (Lipinski definition) is 4. The van der Waals surface area contributed by atoms with Gasteiger partial charge < -0.3 is 15.2 Å². The molecule has 5 heteroatoms. The highest BCUT2D eigenvalue weighted by atomic mass is 16.5. The van der Waals surface area contributed by atoms with Gasteiger partial charge in [-0.15, -0.1) is 0 Å². The third kappa shape index (κ3) is 3.79. The van der Waals surface area contributed by atoms with Gasteiger partial charge in [-0.25, -0.2) is 0 Å². The predicted octanol–water partition coefficient (Wildman–Crippen LogP) is 4.49. The fraction of sp³-hybridized carbons (Fsp3) is 0.567. The smallest absolute Gasteiger partial charge is 0.224 e. The quantitative estimate of drug-likeness (QED) is 0.621. The van der Waals surface area contributed by atoms with Crippen molar-refractivity contribution in [2.24, 2.45) is 5.92 Å². The fourth-order valence-corrected chi connectivity index (χ4v) is 7.64. The molecule has 1 spiro atoms. The number of piperidine rings is 1. The summed E-state index contributed by atoms with van der Waals surface area (Å²) >= 11 is 0. The van der Waals surface area contributed by atoms with E-state index < -0.39 is 0 Å². The fourth-order valence-electron chi connectivity index (χ4n) is 7.64. The zero-order valence-corrected chi connectivity index (χ0v) is 21.1. The SMILES string of the molecule is Cc1ccc(O)cc1[C@]12CCN(CC3CC3)[C@H](C)[C@]13CC[C@](CNC(=O)Cc1ccccc1)(C2)O3. The Hall–Kier alpha value is -2.37. The van der Waals surface area contributed by atoms with Gasteiger partial charge in [-0.05, 0) is 93.7 Å². The summed E-state index contributed by atoms with van der Waals surface area (Å²) < 4.78 is 7.21. The Morgan fingerprint density at radius 2 is 1.94 bits per heavy atom. The first-order chi connectivity index (χ1) is 16.8. The molecule has 4 atom stereocenters. The highest BCUT2D eigenvalue weighted by Gasteiger charge is 2.73. The molecule has 0 unspecified atom stereocenters. The van der Waals surface area contributed by atoms with E-state index in [0.29, 0.717) is 24.8 Å². The molecule has 2 aromatic rings. The van der Waals surface area contributed by atoms with Crippen molar-refractivity contribution < 1.29 is 14.6 Å². The number of rotatable bonds is 7. The summed E-state index contributed by atoms with van der Waals surface area (Å²) in [5.74, 6) is 1.22. The molecule has 3 saturated heterocycles. The minimum atomic E-state index is -0.353. The van der Waals surface area contributed by atoms with Crippen molar-refractivity contribution in [3.63, 3.8) is 0 Å². The summed E-state index contributed by atoms with van der Waals surface area (Å²) in [4.78, 5) is 15.5. The van der Waals surface area contributed by atoms with Gasteiger partial charge in [0, 0.05) is 24.5 Å². The van der Waals surface area contributed by atoms with Crippen LogP contribution in [-0.2, 0) is 21.4 Å². The number of ether oxygens (including phenoxy) is 1. The number of carbonyl (C=O) groups is 1. The van der Waals surface area contributed by atoms with Gasteiger partial charge in [0.1, 0.15) is 5.75 Å². The average Bonchev–Trinajstić information content (AvgIpc) is 3.52. The number of nitrogens with one attached hydrogen (secondary N) is 1. The topological polar surface area (TPSA) is 61.8 Å². The van der Waals surface area contributed by atoms with Crippen molar-refractivity contribution >= 4 is 5.91 Å². The number of amides is 1. The maximum Gasteiger partial charge on any atom is 0.224 e. The lowest BCUT2D eigenvalue weighted by Crippen LogP contribution is -2.66. The Morgan fingerprint density at radius 3 is 2.71 bits per heavy atom. The van der Waals surface area contributed by atoms with E-state index in [-0.39, 0.29) is 22.5 Å². The van der Waals surface area contributed by atoms with Gasteiger partial charge in [0.05, 0.1) is 17.6 Å². The number of aromatic hydroxyl groups is 1. The third-order valence-corrected chi connectivity index (χ3v) is 9.57. The Labute approximate surface area is 208 Å². The molecular formula is C30H38N2O3. The Bertz CT molecular complexity index is 1120. The number of benzene rings is 2. The number of carbonyl (C=O) groups excluding carboxylic acids is 1. The van der Waals surface area contributed by atoms with E-state index in [1.807, 2.05) is 36.4 Å². The van der Waals surface area contributed by atoms with Crippen LogP contribution in [0.4, 0.5) is 0 Å². The lowest BCUT2D eigenvalue weighted by Gasteiger charge is -2.56. The van der Waals surface area contributed by atoms with Crippen molar-refractivity contribution in [2.75, 3.05) is 19.6 Å². The summed E-state index contributed by atoms with van der Waals surface area (Å²) in [5.41, 5.74) is 2.72. The molecule has 1 aliphatic carbocycles. The molecule has 5 nitrogen and oxygen atoms in total. The van der Waals surface area contributed by atoms with Crippen LogP contribution in [0.2, 0.25) is 0 Å². The molecule has 1 amide bonds. The molecule has 0 aromatic heterocycles. The molecule has 2 aromatic carbocycles. The summed E-state index contributed by atoms with van der Waals surface area (Å²) in [7, 11) is 0. The Balaban J connectivity index is 1.30. The number of fused-ring (bicyclic) bond motifs is 1. The molecule has 186 valence electrons. The normalized spacial score (nSPS) is 34.1. The molecule has 6 rings (SSSR count). The van der Waals surface area contributed by atoms with E-state index >= 15 is 0 Å². The largest absolute Gasteiger partial charge is 0.508 e. The van der Waals surface area contributed by atoms with Crippen LogP contribution in [0, 0.1) is 12.8 Å². The molecular weight excluding hydrogens is 436 g/mol. The maximum atomic E-state index is 12.8.